The number of hydrogen-bond donors (Lipinski definition) is 1. The van der Waals surface area contributed by atoms with Gasteiger partial charge in [-0.05, 0) is 60.1 Å². The van der Waals surface area contributed by atoms with E-state index in [2.05, 4.69) is 22.2 Å². The van der Waals surface area contributed by atoms with Gasteiger partial charge >= 0.3 is 0 Å². The van der Waals surface area contributed by atoms with Crippen molar-refractivity contribution in [2.45, 2.75) is 13.8 Å². The molecule has 0 bridgehead atoms. The summed E-state index contributed by atoms with van der Waals surface area (Å²) in [6, 6.07) is 12.8. The van der Waals surface area contributed by atoms with Gasteiger partial charge in [-0.25, -0.2) is 4.63 Å². The number of rotatable bonds is 6. The first-order valence-electron chi connectivity index (χ1n) is 8.14. The minimum Gasteiger partial charge on any atom is -0.490 e. The average Bonchev–Trinajstić information content (AvgIpc) is 3.10. The number of anilines is 1. The van der Waals surface area contributed by atoms with E-state index in [9.17, 15) is 4.79 Å². The van der Waals surface area contributed by atoms with E-state index in [1.807, 2.05) is 32.0 Å². The topological polar surface area (TPSA) is 77.2 Å². The highest BCUT2D eigenvalue weighted by Gasteiger charge is 2.17. The molecular weight excluding hydrogens is 330 g/mol. The zero-order valence-corrected chi connectivity index (χ0v) is 14.7. The number of nitrogens with one attached hydrogen (secondary N) is 1. The largest absolute Gasteiger partial charge is 0.490 e. The Labute approximate surface area is 151 Å². The van der Waals surface area contributed by atoms with Gasteiger partial charge in [0, 0.05) is 11.1 Å². The fourth-order valence-corrected chi connectivity index (χ4v) is 2.48. The maximum Gasteiger partial charge on any atom is 0.256 e. The first kappa shape index (κ1) is 17.4. The smallest absolute Gasteiger partial charge is 0.256 e. The van der Waals surface area contributed by atoms with Gasteiger partial charge in [0.1, 0.15) is 12.4 Å². The molecular formula is C20H19N3O3. The first-order valence-corrected chi connectivity index (χ1v) is 8.14. The predicted octanol–water partition coefficient (Wildman–Crippen LogP) is 4.17. The van der Waals surface area contributed by atoms with Crippen LogP contribution in [0.25, 0.3) is 11.3 Å². The van der Waals surface area contributed by atoms with Gasteiger partial charge in [-0.3, -0.25) is 4.79 Å². The monoisotopic (exact) mass is 349 g/mol. The number of nitrogens with zero attached hydrogens (tertiary/aromatic N) is 2. The van der Waals surface area contributed by atoms with Crippen molar-refractivity contribution in [3.63, 3.8) is 0 Å². The molecule has 0 saturated carbocycles. The minimum atomic E-state index is -0.303. The Bertz CT molecular complexity index is 930. The van der Waals surface area contributed by atoms with Crippen molar-refractivity contribution in [2.75, 3.05) is 11.9 Å². The molecule has 0 fully saturated rings. The van der Waals surface area contributed by atoms with Crippen molar-refractivity contribution < 1.29 is 14.2 Å². The number of hydrogen-bond acceptors (Lipinski definition) is 5. The molecule has 0 aliphatic heterocycles. The van der Waals surface area contributed by atoms with E-state index in [1.54, 1.807) is 30.3 Å². The lowest BCUT2D eigenvalue weighted by Crippen LogP contribution is -2.13. The van der Waals surface area contributed by atoms with Gasteiger partial charge in [-0.15, -0.1) is 0 Å². The van der Waals surface area contributed by atoms with Crippen molar-refractivity contribution in [1.29, 1.82) is 0 Å². The Kier molecular flexibility index (Phi) is 5.12. The summed E-state index contributed by atoms with van der Waals surface area (Å²) in [7, 11) is 0. The molecule has 1 amide bonds. The van der Waals surface area contributed by atoms with Crippen molar-refractivity contribution in [2.24, 2.45) is 0 Å². The molecule has 0 unspecified atom stereocenters. The third-order valence-electron chi connectivity index (χ3n) is 3.85. The number of aromatic nitrogens is 2. The molecule has 1 N–H and O–H groups in total. The zero-order valence-electron chi connectivity index (χ0n) is 14.7. The van der Waals surface area contributed by atoms with Crippen LogP contribution in [0.4, 0.5) is 5.82 Å². The minimum absolute atomic E-state index is 0.288. The molecule has 1 aromatic heterocycles. The molecule has 1 heterocycles. The van der Waals surface area contributed by atoms with Crippen LogP contribution in [-0.4, -0.2) is 22.8 Å². The second-order valence-corrected chi connectivity index (χ2v) is 5.86. The first-order chi connectivity index (χ1) is 12.6. The third kappa shape index (κ3) is 3.80. The lowest BCUT2D eigenvalue weighted by atomic mass is 10.0. The summed E-state index contributed by atoms with van der Waals surface area (Å²) < 4.78 is 10.3. The van der Waals surface area contributed by atoms with Crippen molar-refractivity contribution >= 4 is 11.7 Å². The predicted molar refractivity (Wildman–Crippen MR) is 99.3 cm³/mol. The SMILES string of the molecule is C=CCOc1ccc(C(=O)Nc2nonc2-c2cc(C)ccc2C)cc1. The second kappa shape index (κ2) is 7.65. The lowest BCUT2D eigenvalue weighted by molar-refractivity contribution is 0.102. The fraction of sp³-hybridized carbons (Fsp3) is 0.150. The number of ether oxygens (including phenoxy) is 1. The molecule has 0 spiro atoms. The number of aryl methyl sites for hydroxylation is 2. The third-order valence-corrected chi connectivity index (χ3v) is 3.85. The van der Waals surface area contributed by atoms with Crippen molar-refractivity contribution in [3.8, 4) is 17.0 Å². The maximum atomic E-state index is 12.5. The summed E-state index contributed by atoms with van der Waals surface area (Å²) in [5.74, 6) is 0.652. The number of carbonyl (C=O) groups is 1. The van der Waals surface area contributed by atoms with Crippen molar-refractivity contribution in [1.82, 2.24) is 10.3 Å². The van der Waals surface area contributed by atoms with Crippen LogP contribution in [0.3, 0.4) is 0 Å². The molecule has 0 aliphatic carbocycles. The Morgan fingerprint density at radius 2 is 1.96 bits per heavy atom. The van der Waals surface area contributed by atoms with Crippen molar-refractivity contribution in [3.05, 3.63) is 71.8 Å². The van der Waals surface area contributed by atoms with Crippen LogP contribution in [-0.2, 0) is 0 Å². The second-order valence-electron chi connectivity index (χ2n) is 5.86. The van der Waals surface area contributed by atoms with Crippen LogP contribution < -0.4 is 10.1 Å². The zero-order chi connectivity index (χ0) is 18.5. The van der Waals surface area contributed by atoms with Gasteiger partial charge in [0.05, 0.1) is 0 Å². The molecule has 0 aliphatic rings. The van der Waals surface area contributed by atoms with Gasteiger partial charge < -0.3 is 10.1 Å². The van der Waals surface area contributed by atoms with E-state index in [4.69, 9.17) is 9.37 Å². The highest BCUT2D eigenvalue weighted by atomic mass is 16.6. The molecule has 132 valence electrons. The Balaban J connectivity index is 1.79. The molecule has 6 heteroatoms. The number of carbonyl (C=O) groups excluding carboxylic acids is 1. The van der Waals surface area contributed by atoms with Gasteiger partial charge in [0.15, 0.2) is 5.69 Å². The van der Waals surface area contributed by atoms with Gasteiger partial charge in [-0.1, -0.05) is 30.4 Å². The van der Waals surface area contributed by atoms with E-state index in [1.165, 1.54) is 0 Å². The molecule has 0 atom stereocenters. The van der Waals surface area contributed by atoms with E-state index >= 15 is 0 Å². The molecule has 26 heavy (non-hydrogen) atoms. The molecule has 3 rings (SSSR count). The standard InChI is InChI=1S/C20H19N3O3/c1-4-11-25-16-9-7-15(8-10-16)20(24)21-19-18(22-26-23-19)17-12-13(2)5-6-14(17)3/h4-10,12H,1,11H2,2-3H3,(H,21,23,24). The summed E-state index contributed by atoms with van der Waals surface area (Å²) in [5, 5.41) is 10.5. The molecule has 2 aromatic carbocycles. The quantitative estimate of drug-likeness (QED) is 0.676. The van der Waals surface area contributed by atoms with Gasteiger partial charge in [-0.2, -0.15) is 0 Å². The van der Waals surface area contributed by atoms with Crippen LogP contribution in [0.1, 0.15) is 21.5 Å². The number of benzene rings is 2. The molecule has 0 radical (unpaired) electrons. The Hall–Kier alpha value is -3.41. The summed E-state index contributed by atoms with van der Waals surface area (Å²) in [6.07, 6.45) is 1.66. The molecule has 3 aromatic rings. The highest BCUT2D eigenvalue weighted by molar-refractivity contribution is 6.05. The van der Waals surface area contributed by atoms with Gasteiger partial charge in [0.25, 0.3) is 5.91 Å². The van der Waals surface area contributed by atoms with Crippen LogP contribution in [0.5, 0.6) is 5.75 Å². The van der Waals surface area contributed by atoms with E-state index in [0.717, 1.165) is 16.7 Å². The maximum absolute atomic E-state index is 12.5. The Morgan fingerprint density at radius 3 is 2.69 bits per heavy atom. The number of amides is 1. The Morgan fingerprint density at radius 1 is 1.19 bits per heavy atom. The summed E-state index contributed by atoms with van der Waals surface area (Å²) in [5.41, 5.74) is 3.96. The van der Waals surface area contributed by atoms with Gasteiger partial charge in [0.2, 0.25) is 5.82 Å². The van der Waals surface area contributed by atoms with Crippen LogP contribution in [0.2, 0.25) is 0 Å². The average molecular weight is 349 g/mol. The van der Waals surface area contributed by atoms with Crippen LogP contribution in [0, 0.1) is 13.8 Å². The van der Waals surface area contributed by atoms with Crippen LogP contribution in [0.15, 0.2) is 59.7 Å². The summed E-state index contributed by atoms with van der Waals surface area (Å²) in [6.45, 7) is 7.97. The molecule has 0 saturated heterocycles. The summed E-state index contributed by atoms with van der Waals surface area (Å²) >= 11 is 0. The van der Waals surface area contributed by atoms with E-state index in [-0.39, 0.29) is 11.7 Å². The fourth-order valence-electron chi connectivity index (χ4n) is 2.48. The highest BCUT2D eigenvalue weighted by Crippen LogP contribution is 2.28. The van der Waals surface area contributed by atoms with E-state index < -0.39 is 0 Å². The normalized spacial score (nSPS) is 10.4. The van der Waals surface area contributed by atoms with E-state index in [0.29, 0.717) is 23.6 Å². The van der Waals surface area contributed by atoms with Crippen LogP contribution >= 0.6 is 0 Å². The molecule has 6 nitrogen and oxygen atoms in total. The summed E-state index contributed by atoms with van der Waals surface area (Å²) in [4.78, 5) is 12.5. The lowest BCUT2D eigenvalue weighted by Gasteiger charge is -2.07.